The number of hydrogen-bond donors (Lipinski definition) is 1. The molecule has 1 heterocycles. The molecule has 1 atom stereocenters. The van der Waals surface area contributed by atoms with Gasteiger partial charge in [0.15, 0.2) is 0 Å². The molecule has 0 amide bonds. The average molecular weight is 208 g/mol. The van der Waals surface area contributed by atoms with Gasteiger partial charge < -0.3 is 5.32 Å². The molecule has 0 aromatic carbocycles. The fourth-order valence-corrected chi connectivity index (χ4v) is 0.850. The molecule has 0 aliphatic heterocycles. The van der Waals surface area contributed by atoms with Crippen molar-refractivity contribution in [2.24, 2.45) is 0 Å². The van der Waals surface area contributed by atoms with Crippen LogP contribution in [0.1, 0.15) is 6.93 Å². The Bertz CT molecular complexity index is 281. The van der Waals surface area contributed by atoms with Crippen LogP contribution < -0.4 is 5.32 Å². The van der Waals surface area contributed by atoms with Crippen LogP contribution in [0.25, 0.3) is 0 Å². The molecule has 0 spiro atoms. The summed E-state index contributed by atoms with van der Waals surface area (Å²) in [5.74, 6) is 0. The van der Waals surface area contributed by atoms with Crippen molar-refractivity contribution >= 4 is 11.6 Å². The quantitative estimate of drug-likeness (QED) is 0.765. The van der Waals surface area contributed by atoms with E-state index < -0.39 is 19.5 Å². The van der Waals surface area contributed by atoms with E-state index in [1.54, 1.807) is 6.07 Å². The summed E-state index contributed by atoms with van der Waals surface area (Å²) in [5.41, 5.74) is 0.509. The van der Waals surface area contributed by atoms with E-state index in [0.717, 1.165) is 0 Å². The molecule has 1 aromatic rings. The highest BCUT2D eigenvalue weighted by Gasteiger charge is 2.00. The van der Waals surface area contributed by atoms with Gasteiger partial charge in [-0.3, -0.25) is 0 Å². The molecule has 13 heavy (non-hydrogen) atoms. The second kappa shape index (κ2) is 5.09. The summed E-state index contributed by atoms with van der Waals surface area (Å²) >= 11 is 5.53. The lowest BCUT2D eigenvalue weighted by molar-refractivity contribution is 0.145. The molecule has 1 aromatic heterocycles. The Morgan fingerprint density at radius 2 is 2.38 bits per heavy atom. The number of aromatic nitrogens is 1. The fourth-order valence-electron chi connectivity index (χ4n) is 0.739. The first kappa shape index (κ1) is 8.84. The second-order valence-corrected chi connectivity index (χ2v) is 2.75. The summed E-state index contributed by atoms with van der Waals surface area (Å²) in [7, 11) is 0. The molecule has 0 aliphatic rings. The number of halogens is 3. The van der Waals surface area contributed by atoms with Gasteiger partial charge in [0.25, 0.3) is 6.43 Å². The monoisotopic (exact) mass is 207 g/mol. The molecular formula is C8H9ClF2N2. The molecule has 5 heteroatoms. The summed E-state index contributed by atoms with van der Waals surface area (Å²) in [6, 6.07) is 3.09. The summed E-state index contributed by atoms with van der Waals surface area (Å²) in [6.45, 7) is -1.40. The van der Waals surface area contributed by atoms with Crippen LogP contribution in [0.2, 0.25) is 5.15 Å². The van der Waals surface area contributed by atoms with Crippen LogP contribution in [0.5, 0.6) is 0 Å². The van der Waals surface area contributed by atoms with Gasteiger partial charge in [-0.05, 0) is 11.6 Å². The Morgan fingerprint density at radius 1 is 1.62 bits per heavy atom. The molecule has 1 rings (SSSR count). The van der Waals surface area contributed by atoms with Crippen molar-refractivity contribution in [2.75, 3.05) is 6.54 Å². The van der Waals surface area contributed by atoms with Gasteiger partial charge in [0.05, 0.1) is 6.54 Å². The summed E-state index contributed by atoms with van der Waals surface area (Å²) in [4.78, 5) is 3.75. The summed E-state index contributed by atoms with van der Waals surface area (Å²) < 4.78 is 31.0. The minimum atomic E-state index is -2.46. The van der Waals surface area contributed by atoms with Crippen LogP contribution in [0.4, 0.5) is 8.78 Å². The lowest BCUT2D eigenvalue weighted by Gasteiger charge is -2.03. The number of rotatable bonds is 4. The SMILES string of the molecule is [2H]C(NCC(F)F)c1ccc(Cl)nc1. The van der Waals surface area contributed by atoms with Crippen molar-refractivity contribution in [3.63, 3.8) is 0 Å². The lowest BCUT2D eigenvalue weighted by atomic mass is 10.3. The molecule has 0 saturated carbocycles. The van der Waals surface area contributed by atoms with Gasteiger partial charge in [0, 0.05) is 14.1 Å². The van der Waals surface area contributed by atoms with Crippen molar-refractivity contribution < 1.29 is 10.2 Å². The van der Waals surface area contributed by atoms with E-state index in [1.807, 2.05) is 0 Å². The van der Waals surface area contributed by atoms with Gasteiger partial charge in [-0.25, -0.2) is 13.8 Å². The van der Waals surface area contributed by atoms with Crippen LogP contribution >= 0.6 is 11.6 Å². The topological polar surface area (TPSA) is 24.9 Å². The Kier molecular flexibility index (Phi) is 3.46. The largest absolute Gasteiger partial charge is 0.307 e. The highest BCUT2D eigenvalue weighted by atomic mass is 35.5. The van der Waals surface area contributed by atoms with E-state index in [4.69, 9.17) is 13.0 Å². The van der Waals surface area contributed by atoms with E-state index in [2.05, 4.69) is 10.3 Å². The standard InChI is InChI=1S/C8H9ClF2N2/c9-7-2-1-6(4-13-7)3-12-5-8(10)11/h1-2,4,8,12H,3,5H2/i3D. The lowest BCUT2D eigenvalue weighted by Crippen LogP contribution is -2.20. The molecule has 0 bridgehead atoms. The van der Waals surface area contributed by atoms with E-state index in [9.17, 15) is 8.78 Å². The smallest absolute Gasteiger partial charge is 0.250 e. The number of nitrogens with one attached hydrogen (secondary N) is 1. The molecule has 0 fully saturated rings. The minimum Gasteiger partial charge on any atom is -0.307 e. The zero-order chi connectivity index (χ0) is 10.6. The Morgan fingerprint density at radius 3 is 2.92 bits per heavy atom. The maximum atomic E-state index is 11.8. The zero-order valence-corrected chi connectivity index (χ0v) is 7.43. The second-order valence-electron chi connectivity index (χ2n) is 2.36. The molecule has 1 N–H and O–H groups in total. The Hall–Kier alpha value is -0.740. The first-order chi connectivity index (χ1) is 6.59. The zero-order valence-electron chi connectivity index (χ0n) is 7.67. The van der Waals surface area contributed by atoms with E-state index in [0.29, 0.717) is 10.7 Å². The van der Waals surface area contributed by atoms with Crippen molar-refractivity contribution in [3.8, 4) is 0 Å². The highest BCUT2D eigenvalue weighted by molar-refractivity contribution is 6.29. The molecular weight excluding hydrogens is 198 g/mol. The van der Waals surface area contributed by atoms with Crippen molar-refractivity contribution in [2.45, 2.75) is 12.9 Å². The first-order valence-electron chi connectivity index (χ1n) is 4.22. The molecule has 0 saturated heterocycles. The predicted octanol–water partition coefficient (Wildman–Crippen LogP) is 2.09. The van der Waals surface area contributed by atoms with Crippen LogP contribution in [-0.2, 0) is 6.52 Å². The average Bonchev–Trinajstić information content (AvgIpc) is 2.15. The Labute approximate surface area is 81.3 Å². The van der Waals surface area contributed by atoms with Crippen molar-refractivity contribution in [1.29, 1.82) is 0 Å². The Balaban J connectivity index is 2.52. The van der Waals surface area contributed by atoms with Crippen LogP contribution in [0.3, 0.4) is 0 Å². The molecule has 0 aliphatic carbocycles. The van der Waals surface area contributed by atoms with Gasteiger partial charge in [0.1, 0.15) is 5.15 Å². The van der Waals surface area contributed by atoms with E-state index in [-0.39, 0.29) is 0 Å². The van der Waals surface area contributed by atoms with Crippen LogP contribution in [-0.4, -0.2) is 18.0 Å². The number of hydrogen-bond acceptors (Lipinski definition) is 2. The van der Waals surface area contributed by atoms with E-state index in [1.165, 1.54) is 12.3 Å². The van der Waals surface area contributed by atoms with Gasteiger partial charge in [-0.2, -0.15) is 0 Å². The third-order valence-corrected chi connectivity index (χ3v) is 1.51. The van der Waals surface area contributed by atoms with Gasteiger partial charge >= 0.3 is 0 Å². The maximum absolute atomic E-state index is 11.8. The summed E-state index contributed by atoms with van der Waals surface area (Å²) in [5, 5.41) is 2.67. The predicted molar refractivity (Wildman–Crippen MR) is 47.0 cm³/mol. The molecule has 2 nitrogen and oxygen atoms in total. The molecule has 72 valence electrons. The fraction of sp³-hybridized carbons (Fsp3) is 0.375. The van der Waals surface area contributed by atoms with Crippen LogP contribution in [0, 0.1) is 0 Å². The third kappa shape index (κ3) is 4.15. The van der Waals surface area contributed by atoms with Gasteiger partial charge in [-0.1, -0.05) is 17.7 Å². The normalized spacial score (nSPS) is 14.3. The van der Waals surface area contributed by atoms with E-state index >= 15 is 0 Å². The first-order valence-corrected chi connectivity index (χ1v) is 4.02. The molecule has 0 radical (unpaired) electrons. The minimum absolute atomic E-state index is 0.315. The highest BCUT2D eigenvalue weighted by Crippen LogP contribution is 2.04. The maximum Gasteiger partial charge on any atom is 0.250 e. The number of alkyl halides is 2. The third-order valence-electron chi connectivity index (χ3n) is 1.29. The van der Waals surface area contributed by atoms with Crippen molar-refractivity contribution in [3.05, 3.63) is 29.0 Å². The van der Waals surface area contributed by atoms with Crippen LogP contribution in [0.15, 0.2) is 18.3 Å². The number of nitrogens with zero attached hydrogens (tertiary/aromatic N) is 1. The van der Waals surface area contributed by atoms with Gasteiger partial charge in [0.2, 0.25) is 0 Å². The summed E-state index contributed by atoms with van der Waals surface area (Å²) in [6.07, 6.45) is -1.07. The number of pyridine rings is 1. The van der Waals surface area contributed by atoms with Crippen molar-refractivity contribution in [1.82, 2.24) is 10.3 Å². The van der Waals surface area contributed by atoms with Gasteiger partial charge in [-0.15, -0.1) is 0 Å². The molecule has 1 unspecified atom stereocenters.